The molecule has 0 aromatic carbocycles. The van der Waals surface area contributed by atoms with Crippen LogP contribution in [-0.2, 0) is 23.9 Å². The highest BCUT2D eigenvalue weighted by molar-refractivity contribution is 6.01. The summed E-state index contributed by atoms with van der Waals surface area (Å²) in [5.74, 6) is -4.40. The van der Waals surface area contributed by atoms with E-state index >= 15 is 0 Å². The predicted molar refractivity (Wildman–Crippen MR) is 132 cm³/mol. The number of allylic oxidation sites excluding steroid dienone is 5. The first-order valence-corrected chi connectivity index (χ1v) is 13.4. The lowest BCUT2D eigenvalue weighted by Gasteiger charge is -2.59. The minimum absolute atomic E-state index is 0.00683. The van der Waals surface area contributed by atoms with E-state index in [-0.39, 0.29) is 36.4 Å². The van der Waals surface area contributed by atoms with Gasteiger partial charge >= 0.3 is 11.9 Å². The van der Waals surface area contributed by atoms with Crippen molar-refractivity contribution in [3.63, 3.8) is 0 Å². The van der Waals surface area contributed by atoms with E-state index < -0.39 is 58.7 Å². The topological polar surface area (TPSA) is 138 Å². The van der Waals surface area contributed by atoms with Crippen LogP contribution in [0.1, 0.15) is 58.8 Å². The number of esters is 1. The molecule has 3 fully saturated rings. The molecule has 5 aliphatic carbocycles. The van der Waals surface area contributed by atoms with Gasteiger partial charge in [0, 0.05) is 16.7 Å². The summed E-state index contributed by atoms with van der Waals surface area (Å²) in [6, 6.07) is 0. The summed E-state index contributed by atoms with van der Waals surface area (Å²) in [5.41, 5.74) is -2.05. The van der Waals surface area contributed by atoms with E-state index in [1.54, 1.807) is 18.2 Å². The van der Waals surface area contributed by atoms with Gasteiger partial charge in [0.05, 0.1) is 17.9 Å². The second-order valence-electron chi connectivity index (χ2n) is 12.1. The van der Waals surface area contributed by atoms with Crippen molar-refractivity contribution in [1.82, 2.24) is 0 Å². The fraction of sp³-hybridized carbons (Fsp3) is 0.655. The number of Topliss-reactive ketones (excluding diaryl/α,β-unsaturated/α-hetero) is 1. The van der Waals surface area contributed by atoms with Gasteiger partial charge in [-0.3, -0.25) is 19.2 Å². The van der Waals surface area contributed by atoms with Gasteiger partial charge in [-0.2, -0.15) is 0 Å². The fourth-order valence-corrected chi connectivity index (χ4v) is 8.49. The molecule has 5 aliphatic rings. The number of carbonyl (C=O) groups is 4. The second kappa shape index (κ2) is 9.02. The molecule has 3 N–H and O–H groups in total. The Hall–Kier alpha value is -2.58. The molecule has 0 spiro atoms. The van der Waals surface area contributed by atoms with Crippen LogP contribution in [0.2, 0.25) is 0 Å². The Morgan fingerprint density at radius 3 is 2.65 bits per heavy atom. The van der Waals surface area contributed by atoms with Crippen LogP contribution in [0.3, 0.4) is 0 Å². The van der Waals surface area contributed by atoms with E-state index in [0.29, 0.717) is 19.3 Å². The molecule has 0 amide bonds. The minimum atomic E-state index is -1.76. The van der Waals surface area contributed by atoms with Crippen LogP contribution < -0.4 is 0 Å². The molecular weight excluding hydrogens is 476 g/mol. The molecule has 3 unspecified atom stereocenters. The first kappa shape index (κ1) is 26.0. The van der Waals surface area contributed by atoms with Gasteiger partial charge in [0.25, 0.3) is 0 Å². The monoisotopic (exact) mass is 512 g/mol. The standard InChI is InChI=1S/C29H36O8/c1-27-11-9-17(30)13-16(27)7-8-20-21-10-12-29(36,28(21,2)14-22(31)24(20)27)23(32)15-37-26(35)19-6-4-3-5-18(19)25(33)34/h4,6,9,11,13,18-22,24,31,36H,3,5,7-8,10,12,14-15H2,1-2H3,(H,33,34)/t18?,19?,20-,21-,22?,24+,27-,28-,29-/m0/s1. The molecule has 200 valence electrons. The summed E-state index contributed by atoms with van der Waals surface area (Å²) in [7, 11) is 0. The smallest absolute Gasteiger partial charge is 0.314 e. The van der Waals surface area contributed by atoms with Crippen molar-refractivity contribution in [2.75, 3.05) is 6.61 Å². The molecule has 9 atom stereocenters. The highest BCUT2D eigenvalue weighted by Crippen LogP contribution is 2.67. The summed E-state index contributed by atoms with van der Waals surface area (Å²) >= 11 is 0. The molecule has 0 heterocycles. The number of ketones is 2. The van der Waals surface area contributed by atoms with E-state index in [9.17, 15) is 34.5 Å². The van der Waals surface area contributed by atoms with Crippen molar-refractivity contribution in [1.29, 1.82) is 0 Å². The molecule has 37 heavy (non-hydrogen) atoms. The highest BCUT2D eigenvalue weighted by atomic mass is 16.5. The number of aliphatic carboxylic acids is 1. The molecular formula is C29H36O8. The molecule has 8 heteroatoms. The van der Waals surface area contributed by atoms with Gasteiger partial charge in [-0.05, 0) is 68.9 Å². The predicted octanol–water partition coefficient (Wildman–Crippen LogP) is 2.78. The third-order valence-corrected chi connectivity index (χ3v) is 10.5. The van der Waals surface area contributed by atoms with Gasteiger partial charge in [0.1, 0.15) is 5.60 Å². The zero-order valence-electron chi connectivity index (χ0n) is 21.4. The van der Waals surface area contributed by atoms with Gasteiger partial charge in [-0.1, -0.05) is 37.6 Å². The normalized spacial score (nSPS) is 44.3. The maximum absolute atomic E-state index is 13.4. The Morgan fingerprint density at radius 1 is 1.16 bits per heavy atom. The maximum Gasteiger partial charge on any atom is 0.314 e. The molecule has 0 saturated heterocycles. The van der Waals surface area contributed by atoms with E-state index in [1.165, 1.54) is 6.08 Å². The molecule has 5 rings (SSSR count). The van der Waals surface area contributed by atoms with Gasteiger partial charge < -0.3 is 20.1 Å². The summed E-state index contributed by atoms with van der Waals surface area (Å²) in [5, 5.41) is 32.7. The number of hydrogen-bond donors (Lipinski definition) is 3. The first-order chi connectivity index (χ1) is 17.4. The Kier molecular flexibility index (Phi) is 6.35. The average Bonchev–Trinajstić information content (AvgIpc) is 3.13. The van der Waals surface area contributed by atoms with Gasteiger partial charge in [0.15, 0.2) is 12.4 Å². The number of carboxylic acids is 1. The van der Waals surface area contributed by atoms with Crippen molar-refractivity contribution in [2.45, 2.75) is 70.5 Å². The average molecular weight is 513 g/mol. The molecule has 8 nitrogen and oxygen atoms in total. The zero-order valence-corrected chi connectivity index (χ0v) is 21.4. The molecule has 0 bridgehead atoms. The Bertz CT molecular complexity index is 1120. The lowest BCUT2D eigenvalue weighted by Crippen LogP contribution is -2.61. The number of aliphatic hydroxyl groups excluding tert-OH is 1. The lowest BCUT2D eigenvalue weighted by atomic mass is 9.46. The Morgan fingerprint density at radius 2 is 1.92 bits per heavy atom. The number of fused-ring (bicyclic) bond motifs is 5. The van der Waals surface area contributed by atoms with Crippen LogP contribution in [0.4, 0.5) is 0 Å². The summed E-state index contributed by atoms with van der Waals surface area (Å²) in [6.45, 7) is 3.30. The SMILES string of the molecule is C[C@]12C=CC(=O)C=C1CC[C@@H]1[C@@H]2C(O)C[C@@]2(C)[C@H]1CC[C@]2(O)C(=O)COC(=O)C1C=CCCC1C(=O)O. The quantitative estimate of drug-likeness (QED) is 0.378. The van der Waals surface area contributed by atoms with Crippen molar-refractivity contribution in [2.24, 2.45) is 40.4 Å². The largest absolute Gasteiger partial charge is 0.481 e. The third-order valence-electron chi connectivity index (χ3n) is 10.5. The molecule has 0 aliphatic heterocycles. The van der Waals surface area contributed by atoms with Crippen LogP contribution in [0.25, 0.3) is 0 Å². The number of carbonyl (C=O) groups excluding carboxylic acids is 3. The second-order valence-corrected chi connectivity index (χ2v) is 12.1. The highest BCUT2D eigenvalue weighted by Gasteiger charge is 2.68. The zero-order chi connectivity index (χ0) is 26.8. The van der Waals surface area contributed by atoms with E-state index in [2.05, 4.69) is 6.92 Å². The number of ether oxygens (including phenoxy) is 1. The maximum atomic E-state index is 13.4. The minimum Gasteiger partial charge on any atom is -0.481 e. The Balaban J connectivity index is 1.33. The van der Waals surface area contributed by atoms with E-state index in [1.807, 2.05) is 13.0 Å². The van der Waals surface area contributed by atoms with Crippen molar-refractivity contribution >= 4 is 23.5 Å². The number of aliphatic hydroxyl groups is 2. The van der Waals surface area contributed by atoms with Crippen LogP contribution in [-0.4, -0.2) is 57.1 Å². The van der Waals surface area contributed by atoms with Crippen molar-refractivity contribution in [3.8, 4) is 0 Å². The molecule has 3 saturated carbocycles. The number of hydrogen-bond acceptors (Lipinski definition) is 7. The summed E-state index contributed by atoms with van der Waals surface area (Å²) < 4.78 is 5.28. The fourth-order valence-electron chi connectivity index (χ4n) is 8.49. The Labute approximate surface area is 216 Å². The number of carboxylic acid groups (broad SMARTS) is 1. The summed E-state index contributed by atoms with van der Waals surface area (Å²) in [4.78, 5) is 49.6. The van der Waals surface area contributed by atoms with Crippen LogP contribution in [0, 0.1) is 40.4 Å². The first-order valence-electron chi connectivity index (χ1n) is 13.4. The summed E-state index contributed by atoms with van der Waals surface area (Å²) in [6.07, 6.45) is 11.1. The third kappa shape index (κ3) is 3.86. The number of rotatable bonds is 5. The van der Waals surface area contributed by atoms with Crippen molar-refractivity contribution < 1.29 is 39.2 Å². The van der Waals surface area contributed by atoms with Crippen molar-refractivity contribution in [3.05, 3.63) is 36.0 Å². The molecule has 0 aromatic heterocycles. The van der Waals surface area contributed by atoms with E-state index in [0.717, 1.165) is 18.4 Å². The lowest BCUT2D eigenvalue weighted by molar-refractivity contribution is -0.182. The van der Waals surface area contributed by atoms with Crippen LogP contribution in [0.15, 0.2) is 36.0 Å². The van der Waals surface area contributed by atoms with Gasteiger partial charge in [-0.15, -0.1) is 0 Å². The molecule has 0 radical (unpaired) electrons. The van der Waals surface area contributed by atoms with Crippen LogP contribution >= 0.6 is 0 Å². The van der Waals surface area contributed by atoms with Crippen LogP contribution in [0.5, 0.6) is 0 Å². The molecule has 0 aromatic rings. The van der Waals surface area contributed by atoms with Gasteiger partial charge in [0.2, 0.25) is 5.78 Å². The van der Waals surface area contributed by atoms with E-state index in [4.69, 9.17) is 4.74 Å². The van der Waals surface area contributed by atoms with Gasteiger partial charge in [-0.25, -0.2) is 0 Å².